The van der Waals surface area contributed by atoms with Gasteiger partial charge in [-0.25, -0.2) is 4.79 Å². The number of nitrogens with one attached hydrogen (secondary N) is 9. The molecule has 16 N–H and O–H groups in total. The van der Waals surface area contributed by atoms with Crippen LogP contribution >= 0.6 is 0 Å². The first kappa shape index (κ1) is 65.9. The Balaban J connectivity index is 2.50. The highest BCUT2D eigenvalue weighted by Crippen LogP contribution is 2.21. The number of carbonyl (C=O) groups excluding carboxylic acids is 8. The van der Waals surface area contributed by atoms with Crippen molar-refractivity contribution in [3.05, 3.63) is 36.0 Å². The van der Waals surface area contributed by atoms with Gasteiger partial charge in [0.1, 0.15) is 48.3 Å². The third-order valence-electron chi connectivity index (χ3n) is 12.9. The van der Waals surface area contributed by atoms with Gasteiger partial charge in [-0.3, -0.25) is 47.9 Å². The molecule has 77 heavy (non-hydrogen) atoms. The second-order valence-corrected chi connectivity index (χ2v) is 20.3. The van der Waals surface area contributed by atoms with Gasteiger partial charge in [0.15, 0.2) is 0 Å². The van der Waals surface area contributed by atoms with Crippen LogP contribution in [-0.2, 0) is 59.2 Å². The van der Waals surface area contributed by atoms with E-state index in [0.29, 0.717) is 16.5 Å². The summed E-state index contributed by atoms with van der Waals surface area (Å²) in [6.07, 6.45) is -1.48. The monoisotopic (exact) mass is 1090 g/mol. The van der Waals surface area contributed by atoms with Gasteiger partial charge < -0.3 is 78.8 Å². The molecule has 0 aliphatic carbocycles. The Kier molecular flexibility index (Phi) is 27.2. The molecule has 12 atom stereocenters. The van der Waals surface area contributed by atoms with Crippen LogP contribution in [-0.4, -0.2) is 163 Å². The van der Waals surface area contributed by atoms with Gasteiger partial charge in [-0.15, -0.1) is 0 Å². The molecule has 2 rings (SSSR count). The van der Waals surface area contributed by atoms with Crippen LogP contribution in [0.1, 0.15) is 113 Å². The van der Waals surface area contributed by atoms with Gasteiger partial charge in [-0.1, -0.05) is 86.4 Å². The zero-order valence-corrected chi connectivity index (χ0v) is 45.1. The zero-order valence-electron chi connectivity index (χ0n) is 45.1. The van der Waals surface area contributed by atoms with Gasteiger partial charge in [-0.2, -0.15) is 0 Å². The number of para-hydroxylation sites is 1. The van der Waals surface area contributed by atoms with Crippen LogP contribution in [0.5, 0.6) is 0 Å². The van der Waals surface area contributed by atoms with E-state index in [1.165, 1.54) is 0 Å². The summed E-state index contributed by atoms with van der Waals surface area (Å²) >= 11 is 0. The third kappa shape index (κ3) is 21.4. The third-order valence-corrected chi connectivity index (χ3v) is 12.9. The fourth-order valence-electron chi connectivity index (χ4n) is 8.06. The Labute approximate surface area is 447 Å². The highest BCUT2D eigenvalue weighted by atomic mass is 16.4. The Morgan fingerprint density at radius 2 is 1.00 bits per heavy atom. The molecule has 0 saturated heterocycles. The van der Waals surface area contributed by atoms with Crippen LogP contribution in [0.4, 0.5) is 0 Å². The van der Waals surface area contributed by atoms with E-state index in [0.717, 1.165) is 6.92 Å². The number of fused-ring (bicyclic) bond motifs is 1. The lowest BCUT2D eigenvalue weighted by atomic mass is 9.95. The molecule has 1 aromatic carbocycles. The number of aromatic amines is 1. The molecule has 8 amide bonds. The maximum atomic E-state index is 14.6. The summed E-state index contributed by atoms with van der Waals surface area (Å²) in [5.74, 6) is -13.9. The lowest BCUT2D eigenvalue weighted by Gasteiger charge is -2.30. The van der Waals surface area contributed by atoms with E-state index in [4.69, 9.17) is 5.73 Å². The number of H-pyrrole nitrogens is 1. The zero-order chi connectivity index (χ0) is 58.4. The number of aliphatic hydroxyl groups excluding tert-OH is 2. The van der Waals surface area contributed by atoms with Crippen LogP contribution < -0.4 is 48.3 Å². The van der Waals surface area contributed by atoms with Crippen molar-refractivity contribution in [3.8, 4) is 0 Å². The van der Waals surface area contributed by atoms with Gasteiger partial charge in [0, 0.05) is 29.9 Å². The molecular weight excluding hydrogens is 1010 g/mol. The van der Waals surface area contributed by atoms with Crippen molar-refractivity contribution < 1.29 is 78.3 Å². The van der Waals surface area contributed by atoms with E-state index in [1.54, 1.807) is 85.9 Å². The minimum Gasteiger partial charge on any atom is -0.481 e. The minimum absolute atomic E-state index is 0.0122. The lowest BCUT2D eigenvalue weighted by molar-refractivity contribution is -0.143. The van der Waals surface area contributed by atoms with Crippen LogP contribution in [0.2, 0.25) is 0 Å². The number of amides is 8. The molecule has 430 valence electrons. The summed E-state index contributed by atoms with van der Waals surface area (Å²) in [6, 6.07) is -6.86. The maximum absolute atomic E-state index is 14.6. The van der Waals surface area contributed by atoms with Crippen LogP contribution in [0.3, 0.4) is 0 Å². The number of benzene rings is 1. The van der Waals surface area contributed by atoms with Crippen molar-refractivity contribution in [2.24, 2.45) is 29.4 Å². The van der Waals surface area contributed by atoms with Gasteiger partial charge in [-0.05, 0) is 61.5 Å². The Morgan fingerprint density at radius 1 is 0.545 bits per heavy atom. The first-order valence-corrected chi connectivity index (χ1v) is 25.7. The topological polar surface area (TPSA) is 427 Å². The molecule has 0 unspecified atom stereocenters. The predicted molar refractivity (Wildman–Crippen MR) is 279 cm³/mol. The molecule has 2 aromatic rings. The number of aliphatic carboxylic acids is 3. The molecule has 0 radical (unpaired) electrons. The average Bonchev–Trinajstić information content (AvgIpc) is 3.76. The largest absolute Gasteiger partial charge is 0.481 e. The molecule has 0 aliphatic heterocycles. The van der Waals surface area contributed by atoms with Crippen molar-refractivity contribution >= 4 is 76.1 Å². The normalized spacial score (nSPS) is 16.1. The van der Waals surface area contributed by atoms with Gasteiger partial charge in [0.2, 0.25) is 47.3 Å². The molecule has 26 heteroatoms. The number of aliphatic hydroxyl groups is 2. The molecular formula is C51H80N10O16. The summed E-state index contributed by atoms with van der Waals surface area (Å²) in [5, 5.41) is 69.5. The van der Waals surface area contributed by atoms with Gasteiger partial charge in [0.25, 0.3) is 0 Å². The highest BCUT2D eigenvalue weighted by Gasteiger charge is 2.38. The predicted octanol–water partition coefficient (Wildman–Crippen LogP) is -1.10. The fourth-order valence-corrected chi connectivity index (χ4v) is 8.06. The van der Waals surface area contributed by atoms with Crippen molar-refractivity contribution in [1.29, 1.82) is 0 Å². The number of hydrogen-bond donors (Lipinski definition) is 15. The molecule has 1 heterocycles. The van der Waals surface area contributed by atoms with E-state index >= 15 is 0 Å². The quantitative estimate of drug-likeness (QED) is 0.0395. The van der Waals surface area contributed by atoms with Crippen molar-refractivity contribution in [3.63, 3.8) is 0 Å². The molecule has 0 bridgehead atoms. The van der Waals surface area contributed by atoms with E-state index in [1.807, 2.05) is 0 Å². The van der Waals surface area contributed by atoms with E-state index in [9.17, 15) is 78.3 Å². The van der Waals surface area contributed by atoms with E-state index in [2.05, 4.69) is 47.5 Å². The van der Waals surface area contributed by atoms with Crippen molar-refractivity contribution in [2.75, 3.05) is 6.61 Å². The second-order valence-electron chi connectivity index (χ2n) is 20.3. The Hall–Kier alpha value is -7.19. The fraction of sp³-hybridized carbons (Fsp3) is 0.627. The molecule has 0 fully saturated rings. The second kappa shape index (κ2) is 31.8. The van der Waals surface area contributed by atoms with E-state index in [-0.39, 0.29) is 43.9 Å². The van der Waals surface area contributed by atoms with E-state index < -0.39 is 163 Å². The number of hydrogen-bond acceptors (Lipinski definition) is 14. The number of carboxylic acid groups (broad SMARTS) is 3. The van der Waals surface area contributed by atoms with Crippen molar-refractivity contribution in [2.45, 2.75) is 174 Å². The standard InChI is InChI=1S/C51H80N10O16/c1-10-26(7)40(48(73)54-33(16-17-38(64)65)44(69)57-36(51(76)77)19-25(5)6)59-46(71)34(20-29-22-53-32-15-13-12-14-30(29)32)55-49(74)41(27(8)11-2)60-47(72)37(23-62)58-45(70)35(21-39(66)67)56-50(75)42(28(9)63)61-43(68)31(52)18-24(3)4/h12-15,22,24-28,31,33-37,40-42,53,62-63H,10-11,16-21,23,52H2,1-9H3,(H,54,73)(H,55,74)(H,56,75)(H,57,69)(H,58,70)(H,59,71)(H,60,72)(H,61,68)(H,64,65)(H,66,67)(H,76,77)/t26-,27-,28+,31-,33-,34-,35-,36-,37-,40-,41-,42-/m0/s1. The summed E-state index contributed by atoms with van der Waals surface area (Å²) in [6.45, 7) is 13.7. The first-order chi connectivity index (χ1) is 36.0. The Morgan fingerprint density at radius 3 is 1.49 bits per heavy atom. The molecule has 0 aliphatic rings. The minimum atomic E-state index is -1.94. The number of carboxylic acids is 3. The van der Waals surface area contributed by atoms with Crippen molar-refractivity contribution in [1.82, 2.24) is 47.5 Å². The molecule has 26 nitrogen and oxygen atoms in total. The number of aromatic nitrogens is 1. The molecule has 0 spiro atoms. The van der Waals surface area contributed by atoms with Gasteiger partial charge in [0.05, 0.1) is 25.2 Å². The van der Waals surface area contributed by atoms with Crippen LogP contribution in [0.25, 0.3) is 10.9 Å². The van der Waals surface area contributed by atoms with Crippen LogP contribution in [0, 0.1) is 23.7 Å². The first-order valence-electron chi connectivity index (χ1n) is 25.7. The molecule has 0 saturated carbocycles. The molecule has 1 aromatic heterocycles. The highest BCUT2D eigenvalue weighted by molar-refractivity contribution is 5.99. The van der Waals surface area contributed by atoms with Crippen LogP contribution in [0.15, 0.2) is 30.5 Å². The maximum Gasteiger partial charge on any atom is 0.326 e. The smallest absolute Gasteiger partial charge is 0.326 e. The number of nitrogens with two attached hydrogens (primary N) is 1. The SMILES string of the molecule is CC[C@H](C)[C@H](NC(=O)[C@H](Cc1c[nH]c2ccccc12)NC(=O)[C@@H](NC(=O)[C@H](CO)NC(=O)[C@H](CC(=O)O)NC(=O)[C@@H](NC(=O)[C@@H](N)CC(C)C)[C@@H](C)O)[C@@H](C)CC)C(=O)N[C@@H](CCC(=O)O)C(=O)N[C@@H](CC(C)C)C(=O)O. The number of rotatable bonds is 34. The average molecular weight is 1090 g/mol. The summed E-state index contributed by atoms with van der Waals surface area (Å²) in [5.41, 5.74) is 7.14. The number of carbonyl (C=O) groups is 11. The lowest BCUT2D eigenvalue weighted by Crippen LogP contribution is -2.63. The summed E-state index contributed by atoms with van der Waals surface area (Å²) < 4.78 is 0. The Bertz CT molecular complexity index is 2380. The van der Waals surface area contributed by atoms with Gasteiger partial charge >= 0.3 is 17.9 Å². The summed E-state index contributed by atoms with van der Waals surface area (Å²) in [4.78, 5) is 149. The summed E-state index contributed by atoms with van der Waals surface area (Å²) in [7, 11) is 0.